The molecule has 0 unspecified atom stereocenters. The number of rotatable bonds is 6. The number of amides is 1. The Morgan fingerprint density at radius 2 is 2.00 bits per heavy atom. The zero-order valence-electron chi connectivity index (χ0n) is 15.3. The zero-order valence-corrected chi connectivity index (χ0v) is 16.1. The molecule has 0 saturated heterocycles. The summed E-state index contributed by atoms with van der Waals surface area (Å²) in [6, 6.07) is 8.58. The Labute approximate surface area is 169 Å². The van der Waals surface area contributed by atoms with Crippen molar-refractivity contribution in [1.29, 1.82) is 0 Å². The van der Waals surface area contributed by atoms with Gasteiger partial charge in [0.25, 0.3) is 5.91 Å². The maximum absolute atomic E-state index is 12.3. The molecule has 3 N–H and O–H groups in total. The van der Waals surface area contributed by atoms with Crippen molar-refractivity contribution in [3.05, 3.63) is 47.0 Å². The minimum absolute atomic E-state index is 0.0834. The number of thiazole rings is 1. The molecule has 4 rings (SSSR count). The second-order valence-corrected chi connectivity index (χ2v) is 7.91. The normalized spacial score (nSPS) is 20.4. The van der Waals surface area contributed by atoms with E-state index in [9.17, 15) is 18.0 Å². The van der Waals surface area contributed by atoms with Gasteiger partial charge in [-0.3, -0.25) is 10.1 Å². The predicted molar refractivity (Wildman–Crippen MR) is 102 cm³/mol. The van der Waals surface area contributed by atoms with E-state index in [1.54, 1.807) is 6.20 Å². The average Bonchev–Trinajstić information content (AvgIpc) is 3.58. The van der Waals surface area contributed by atoms with Crippen LogP contribution in [0, 0.1) is 5.92 Å². The van der Waals surface area contributed by atoms with E-state index in [1.165, 1.54) is 36.2 Å². The summed E-state index contributed by atoms with van der Waals surface area (Å²) >= 11 is 1.43. The molecule has 2 fully saturated rings. The minimum atomic E-state index is -5.08. The summed E-state index contributed by atoms with van der Waals surface area (Å²) in [6.45, 7) is 1.16. The number of halogens is 3. The summed E-state index contributed by atoms with van der Waals surface area (Å²) in [7, 11) is 0. The topological polar surface area (TPSA) is 91.3 Å². The maximum Gasteiger partial charge on any atom is 0.490 e. The first kappa shape index (κ1) is 21.3. The molecule has 2 aliphatic rings. The van der Waals surface area contributed by atoms with Gasteiger partial charge >= 0.3 is 12.1 Å². The van der Waals surface area contributed by atoms with Crippen molar-refractivity contribution < 1.29 is 27.9 Å². The first-order valence-electron chi connectivity index (χ1n) is 9.08. The van der Waals surface area contributed by atoms with Crippen LogP contribution in [0.15, 0.2) is 35.8 Å². The number of benzene rings is 1. The molecular weight excluding hydrogens is 407 g/mol. The molecule has 1 heterocycles. The summed E-state index contributed by atoms with van der Waals surface area (Å²) in [5.41, 5.74) is 1.97. The standard InChI is InChI=1S/C17H19N3OS.C2HF3O2/c21-16(20-17-18-6-7-22-17)13-3-1-2-12(8-13)14-9-15(14)19-10-11-4-5-11;3-2(4,5)1(6)7/h1-3,6-8,11,14-15,19H,4-5,9-10H2,(H,18,20,21);(H,6,7)/t14-,15+;/m0./s1. The smallest absolute Gasteiger partial charge is 0.475 e. The van der Waals surface area contributed by atoms with Crippen LogP contribution in [0.4, 0.5) is 18.3 Å². The van der Waals surface area contributed by atoms with E-state index in [1.807, 2.05) is 23.6 Å². The molecule has 2 atom stereocenters. The van der Waals surface area contributed by atoms with Crippen LogP contribution in [0.2, 0.25) is 0 Å². The van der Waals surface area contributed by atoms with Crippen LogP contribution in [-0.2, 0) is 4.79 Å². The Bertz CT molecular complexity index is 854. The molecule has 10 heteroatoms. The monoisotopic (exact) mass is 427 g/mol. The molecular formula is C19H20F3N3O3S. The van der Waals surface area contributed by atoms with Gasteiger partial charge in [0.05, 0.1) is 0 Å². The van der Waals surface area contributed by atoms with Crippen LogP contribution in [0.25, 0.3) is 0 Å². The Balaban J connectivity index is 0.000000298. The number of hydrogen-bond acceptors (Lipinski definition) is 5. The molecule has 2 saturated carbocycles. The van der Waals surface area contributed by atoms with Gasteiger partial charge in [-0.15, -0.1) is 11.3 Å². The molecule has 156 valence electrons. The summed E-state index contributed by atoms with van der Waals surface area (Å²) < 4.78 is 31.7. The fourth-order valence-corrected chi connectivity index (χ4v) is 3.32. The molecule has 0 aliphatic heterocycles. The Hall–Kier alpha value is -2.46. The van der Waals surface area contributed by atoms with Crippen molar-refractivity contribution in [3.8, 4) is 0 Å². The molecule has 1 aromatic carbocycles. The number of carboxylic acids is 1. The summed E-state index contributed by atoms with van der Waals surface area (Å²) in [5.74, 6) is -1.37. The van der Waals surface area contributed by atoms with Gasteiger partial charge < -0.3 is 10.4 Å². The number of carboxylic acid groups (broad SMARTS) is 1. The number of alkyl halides is 3. The van der Waals surface area contributed by atoms with Crippen LogP contribution in [-0.4, -0.2) is 40.7 Å². The lowest BCUT2D eigenvalue weighted by atomic mass is 10.1. The van der Waals surface area contributed by atoms with E-state index in [4.69, 9.17) is 9.90 Å². The van der Waals surface area contributed by atoms with E-state index in [-0.39, 0.29) is 5.91 Å². The fourth-order valence-electron chi connectivity index (χ4n) is 2.79. The largest absolute Gasteiger partial charge is 0.490 e. The second-order valence-electron chi connectivity index (χ2n) is 7.02. The molecule has 0 spiro atoms. The lowest BCUT2D eigenvalue weighted by Gasteiger charge is -2.06. The van der Waals surface area contributed by atoms with Crippen LogP contribution in [0.1, 0.15) is 41.1 Å². The van der Waals surface area contributed by atoms with Crippen molar-refractivity contribution in [3.63, 3.8) is 0 Å². The van der Waals surface area contributed by atoms with E-state index in [2.05, 4.69) is 21.7 Å². The maximum atomic E-state index is 12.3. The van der Waals surface area contributed by atoms with Gasteiger partial charge in [-0.2, -0.15) is 13.2 Å². The summed E-state index contributed by atoms with van der Waals surface area (Å²) in [5, 5.41) is 16.1. The Kier molecular flexibility index (Phi) is 6.53. The fraction of sp³-hybridized carbons (Fsp3) is 0.421. The van der Waals surface area contributed by atoms with Crippen molar-refractivity contribution in [2.75, 3.05) is 11.9 Å². The van der Waals surface area contributed by atoms with Crippen molar-refractivity contribution >= 4 is 28.3 Å². The highest BCUT2D eigenvalue weighted by Crippen LogP contribution is 2.41. The first-order valence-corrected chi connectivity index (χ1v) is 9.96. The Morgan fingerprint density at radius 1 is 1.28 bits per heavy atom. The third-order valence-electron chi connectivity index (χ3n) is 4.63. The predicted octanol–water partition coefficient (Wildman–Crippen LogP) is 3.88. The van der Waals surface area contributed by atoms with Crippen LogP contribution in [0.5, 0.6) is 0 Å². The van der Waals surface area contributed by atoms with Crippen molar-refractivity contribution in [2.24, 2.45) is 5.92 Å². The van der Waals surface area contributed by atoms with E-state index in [0.717, 1.165) is 12.5 Å². The quantitative estimate of drug-likeness (QED) is 0.651. The van der Waals surface area contributed by atoms with E-state index >= 15 is 0 Å². The first-order chi connectivity index (χ1) is 13.7. The number of hydrogen-bond donors (Lipinski definition) is 3. The highest BCUT2D eigenvalue weighted by Gasteiger charge is 2.39. The second kappa shape index (κ2) is 8.91. The average molecular weight is 427 g/mol. The lowest BCUT2D eigenvalue weighted by molar-refractivity contribution is -0.192. The molecule has 29 heavy (non-hydrogen) atoms. The number of nitrogens with zero attached hydrogens (tertiary/aromatic N) is 1. The van der Waals surface area contributed by atoms with Crippen LogP contribution < -0.4 is 10.6 Å². The number of carbonyl (C=O) groups excluding carboxylic acids is 1. The van der Waals surface area contributed by atoms with Gasteiger partial charge in [0, 0.05) is 29.1 Å². The van der Waals surface area contributed by atoms with Crippen LogP contribution in [0.3, 0.4) is 0 Å². The SMILES string of the molecule is O=C(Nc1nccs1)c1cccc([C@@H]2C[C@H]2NCC2CC2)c1.O=C(O)C(F)(F)F. The van der Waals surface area contributed by atoms with Gasteiger partial charge in [-0.05, 0) is 49.4 Å². The van der Waals surface area contributed by atoms with Gasteiger partial charge in [0.1, 0.15) is 0 Å². The molecule has 2 aliphatic carbocycles. The summed E-state index contributed by atoms with van der Waals surface area (Å²) in [6.07, 6.45) is 0.564. The Morgan fingerprint density at radius 3 is 2.59 bits per heavy atom. The highest BCUT2D eigenvalue weighted by atomic mass is 32.1. The lowest BCUT2D eigenvalue weighted by Crippen LogP contribution is -2.21. The molecule has 0 bridgehead atoms. The number of aromatic nitrogens is 1. The minimum Gasteiger partial charge on any atom is -0.475 e. The summed E-state index contributed by atoms with van der Waals surface area (Å²) in [4.78, 5) is 25.2. The molecule has 6 nitrogen and oxygen atoms in total. The number of carbonyl (C=O) groups is 2. The van der Waals surface area contributed by atoms with Gasteiger partial charge in [-0.25, -0.2) is 9.78 Å². The van der Waals surface area contributed by atoms with E-state index in [0.29, 0.717) is 22.7 Å². The third-order valence-corrected chi connectivity index (χ3v) is 5.32. The number of aliphatic carboxylic acids is 1. The van der Waals surface area contributed by atoms with Gasteiger partial charge in [0.15, 0.2) is 5.13 Å². The van der Waals surface area contributed by atoms with E-state index < -0.39 is 12.1 Å². The van der Waals surface area contributed by atoms with Crippen molar-refractivity contribution in [1.82, 2.24) is 10.3 Å². The van der Waals surface area contributed by atoms with Crippen molar-refractivity contribution in [2.45, 2.75) is 37.4 Å². The third kappa shape index (κ3) is 6.53. The number of anilines is 1. The number of nitrogens with one attached hydrogen (secondary N) is 2. The molecule has 0 radical (unpaired) electrons. The molecule has 1 aromatic heterocycles. The highest BCUT2D eigenvalue weighted by molar-refractivity contribution is 7.13. The van der Waals surface area contributed by atoms with Gasteiger partial charge in [0.2, 0.25) is 0 Å². The van der Waals surface area contributed by atoms with Gasteiger partial charge in [-0.1, -0.05) is 12.1 Å². The van der Waals surface area contributed by atoms with Crippen LogP contribution >= 0.6 is 11.3 Å². The molecule has 2 aromatic rings. The molecule has 1 amide bonds. The zero-order chi connectivity index (χ0) is 21.0.